The zero-order valence-electron chi connectivity index (χ0n) is 15.5. The maximum absolute atomic E-state index is 12.3. The minimum Gasteiger partial charge on any atom is -0.356 e. The minimum absolute atomic E-state index is 0.105. The SMILES string of the molecule is C=CCCCN(C)C(=NC)NCCC(=O)N(C)Cc1ccccc1Br. The normalized spacial score (nSPS) is 11.1. The second kappa shape index (κ2) is 11.7. The lowest BCUT2D eigenvalue weighted by Gasteiger charge is -2.22. The molecule has 0 spiro atoms. The highest BCUT2D eigenvalue weighted by molar-refractivity contribution is 9.10. The number of hydrogen-bond donors (Lipinski definition) is 1. The summed E-state index contributed by atoms with van der Waals surface area (Å²) in [6.07, 6.45) is 4.37. The number of hydrogen-bond acceptors (Lipinski definition) is 2. The molecule has 5 nitrogen and oxygen atoms in total. The molecule has 0 fully saturated rings. The van der Waals surface area contributed by atoms with E-state index in [9.17, 15) is 4.79 Å². The Morgan fingerprint density at radius 2 is 2.04 bits per heavy atom. The summed E-state index contributed by atoms with van der Waals surface area (Å²) in [5.41, 5.74) is 1.10. The Balaban J connectivity index is 2.39. The van der Waals surface area contributed by atoms with Gasteiger partial charge in [-0.05, 0) is 24.5 Å². The van der Waals surface area contributed by atoms with Crippen LogP contribution in [0.1, 0.15) is 24.8 Å². The number of carbonyl (C=O) groups excluding carboxylic acids is 1. The Bertz CT molecular complexity index is 589. The largest absolute Gasteiger partial charge is 0.356 e. The molecule has 6 heteroatoms. The molecule has 1 aromatic carbocycles. The van der Waals surface area contributed by atoms with Crippen molar-refractivity contribution in [1.82, 2.24) is 15.1 Å². The van der Waals surface area contributed by atoms with E-state index in [4.69, 9.17) is 0 Å². The van der Waals surface area contributed by atoms with Crippen molar-refractivity contribution in [2.24, 2.45) is 4.99 Å². The van der Waals surface area contributed by atoms with Crippen LogP contribution >= 0.6 is 15.9 Å². The van der Waals surface area contributed by atoms with Crippen LogP contribution in [0.5, 0.6) is 0 Å². The quantitative estimate of drug-likeness (QED) is 0.295. The third-order valence-corrected chi connectivity index (χ3v) is 4.66. The van der Waals surface area contributed by atoms with Crippen molar-refractivity contribution in [2.75, 3.05) is 34.2 Å². The molecule has 0 aromatic heterocycles. The highest BCUT2D eigenvalue weighted by atomic mass is 79.9. The third kappa shape index (κ3) is 7.73. The molecule has 0 heterocycles. The van der Waals surface area contributed by atoms with Gasteiger partial charge in [-0.1, -0.05) is 40.2 Å². The number of allylic oxidation sites excluding steroid dienone is 1. The van der Waals surface area contributed by atoms with Gasteiger partial charge in [-0.15, -0.1) is 6.58 Å². The molecule has 0 saturated carbocycles. The highest BCUT2D eigenvalue weighted by Gasteiger charge is 2.11. The van der Waals surface area contributed by atoms with Crippen LogP contribution < -0.4 is 5.32 Å². The Hall–Kier alpha value is -1.82. The lowest BCUT2D eigenvalue weighted by atomic mass is 10.2. The van der Waals surface area contributed by atoms with Gasteiger partial charge in [0.1, 0.15) is 0 Å². The summed E-state index contributed by atoms with van der Waals surface area (Å²) in [5, 5.41) is 3.25. The molecule has 1 rings (SSSR count). The summed E-state index contributed by atoms with van der Waals surface area (Å²) >= 11 is 3.52. The van der Waals surface area contributed by atoms with Gasteiger partial charge in [0, 0.05) is 51.7 Å². The molecule has 138 valence electrons. The van der Waals surface area contributed by atoms with Crippen LogP contribution in [0, 0.1) is 0 Å². The van der Waals surface area contributed by atoms with E-state index in [2.05, 4.69) is 37.7 Å². The van der Waals surface area contributed by atoms with E-state index in [-0.39, 0.29) is 5.91 Å². The smallest absolute Gasteiger partial charge is 0.224 e. The first-order valence-corrected chi connectivity index (χ1v) is 9.29. The topological polar surface area (TPSA) is 47.9 Å². The van der Waals surface area contributed by atoms with Gasteiger partial charge in [0.15, 0.2) is 5.96 Å². The van der Waals surface area contributed by atoms with Gasteiger partial charge in [-0.2, -0.15) is 0 Å². The predicted octanol–water partition coefficient (Wildman–Crippen LogP) is 3.27. The van der Waals surface area contributed by atoms with Crippen molar-refractivity contribution in [3.8, 4) is 0 Å². The number of carbonyl (C=O) groups is 1. The summed E-state index contributed by atoms with van der Waals surface area (Å²) in [6.45, 7) is 5.80. The van der Waals surface area contributed by atoms with Crippen molar-refractivity contribution in [3.05, 3.63) is 47.0 Å². The highest BCUT2D eigenvalue weighted by Crippen LogP contribution is 2.17. The average Bonchev–Trinajstić information content (AvgIpc) is 2.60. The van der Waals surface area contributed by atoms with Gasteiger partial charge in [0.25, 0.3) is 0 Å². The van der Waals surface area contributed by atoms with Gasteiger partial charge in [0.2, 0.25) is 5.91 Å². The number of benzene rings is 1. The fourth-order valence-electron chi connectivity index (χ4n) is 2.41. The van der Waals surface area contributed by atoms with Crippen LogP contribution in [0.15, 0.2) is 46.4 Å². The number of guanidine groups is 1. The molecular formula is C19H29BrN4O. The van der Waals surface area contributed by atoms with Crippen LogP contribution in [0.3, 0.4) is 0 Å². The van der Waals surface area contributed by atoms with Crippen LogP contribution in [0.4, 0.5) is 0 Å². The van der Waals surface area contributed by atoms with E-state index in [1.165, 1.54) is 0 Å². The standard InChI is InChI=1S/C19H29BrN4O/c1-5-6-9-14-23(3)19(21-2)22-13-12-18(25)24(4)15-16-10-7-8-11-17(16)20/h5,7-8,10-11H,1,6,9,12-15H2,2-4H3,(H,21,22). The van der Waals surface area contributed by atoms with Crippen molar-refractivity contribution >= 4 is 27.8 Å². The first-order valence-electron chi connectivity index (χ1n) is 8.49. The number of halogens is 1. The van der Waals surface area contributed by atoms with Crippen molar-refractivity contribution < 1.29 is 4.79 Å². The molecular weight excluding hydrogens is 380 g/mol. The maximum Gasteiger partial charge on any atom is 0.224 e. The molecule has 0 saturated heterocycles. The van der Waals surface area contributed by atoms with E-state index in [1.54, 1.807) is 11.9 Å². The molecule has 0 aliphatic heterocycles. The molecule has 0 aliphatic carbocycles. The minimum atomic E-state index is 0.105. The Morgan fingerprint density at radius 3 is 2.68 bits per heavy atom. The molecule has 0 aliphatic rings. The van der Waals surface area contributed by atoms with Gasteiger partial charge in [-0.25, -0.2) is 0 Å². The van der Waals surface area contributed by atoms with Crippen LogP contribution in [0.2, 0.25) is 0 Å². The van der Waals surface area contributed by atoms with Gasteiger partial charge < -0.3 is 15.1 Å². The molecule has 0 bridgehead atoms. The number of unbranched alkanes of at least 4 members (excludes halogenated alkanes) is 1. The Labute approximate surface area is 159 Å². The summed E-state index contributed by atoms with van der Waals surface area (Å²) in [4.78, 5) is 20.4. The molecule has 1 N–H and O–H groups in total. The lowest BCUT2D eigenvalue weighted by molar-refractivity contribution is -0.130. The number of nitrogens with one attached hydrogen (secondary N) is 1. The number of amides is 1. The van der Waals surface area contributed by atoms with E-state index >= 15 is 0 Å². The van der Waals surface area contributed by atoms with Crippen molar-refractivity contribution in [2.45, 2.75) is 25.8 Å². The van der Waals surface area contributed by atoms with E-state index in [0.717, 1.165) is 35.4 Å². The third-order valence-electron chi connectivity index (χ3n) is 3.89. The van der Waals surface area contributed by atoms with Crippen LogP contribution in [0.25, 0.3) is 0 Å². The molecule has 1 aromatic rings. The van der Waals surface area contributed by atoms with E-state index in [1.807, 2.05) is 44.4 Å². The fraction of sp³-hybridized carbons (Fsp3) is 0.474. The van der Waals surface area contributed by atoms with E-state index < -0.39 is 0 Å². The summed E-state index contributed by atoms with van der Waals surface area (Å²) in [5.74, 6) is 0.915. The lowest BCUT2D eigenvalue weighted by Crippen LogP contribution is -2.41. The van der Waals surface area contributed by atoms with Crippen molar-refractivity contribution in [1.29, 1.82) is 0 Å². The van der Waals surface area contributed by atoms with Crippen LogP contribution in [-0.4, -0.2) is 55.9 Å². The molecule has 0 radical (unpaired) electrons. The Morgan fingerprint density at radius 1 is 1.32 bits per heavy atom. The van der Waals surface area contributed by atoms with Gasteiger partial charge >= 0.3 is 0 Å². The number of nitrogens with zero attached hydrogens (tertiary/aromatic N) is 3. The zero-order chi connectivity index (χ0) is 18.7. The van der Waals surface area contributed by atoms with Gasteiger partial charge in [-0.3, -0.25) is 9.79 Å². The first-order chi connectivity index (χ1) is 12.0. The van der Waals surface area contributed by atoms with Gasteiger partial charge in [0.05, 0.1) is 0 Å². The average molecular weight is 409 g/mol. The summed E-state index contributed by atoms with van der Waals surface area (Å²) in [7, 11) is 5.59. The number of aliphatic imine (C=N–C) groups is 1. The fourth-order valence-corrected chi connectivity index (χ4v) is 2.82. The Kier molecular flexibility index (Phi) is 9.92. The number of rotatable bonds is 9. The van der Waals surface area contributed by atoms with Crippen molar-refractivity contribution in [3.63, 3.8) is 0 Å². The molecule has 0 atom stereocenters. The maximum atomic E-state index is 12.3. The second-order valence-electron chi connectivity index (χ2n) is 5.92. The zero-order valence-corrected chi connectivity index (χ0v) is 17.1. The first kappa shape index (κ1) is 21.2. The predicted molar refractivity (Wildman–Crippen MR) is 109 cm³/mol. The molecule has 1 amide bonds. The molecule has 25 heavy (non-hydrogen) atoms. The summed E-state index contributed by atoms with van der Waals surface area (Å²) in [6, 6.07) is 7.95. The van der Waals surface area contributed by atoms with E-state index in [0.29, 0.717) is 19.5 Å². The molecule has 0 unspecified atom stereocenters. The summed E-state index contributed by atoms with van der Waals surface area (Å²) < 4.78 is 1.02. The monoisotopic (exact) mass is 408 g/mol. The second-order valence-corrected chi connectivity index (χ2v) is 6.77. The van der Waals surface area contributed by atoms with Crippen LogP contribution in [-0.2, 0) is 11.3 Å².